The highest BCUT2D eigenvalue weighted by molar-refractivity contribution is 5.79. The number of aliphatic hydroxyl groups is 2. The maximum Gasteiger partial charge on any atom is 0.341 e. The quantitative estimate of drug-likeness (QED) is 0.463. The summed E-state index contributed by atoms with van der Waals surface area (Å²) in [6, 6.07) is 0. The standard InChI is InChI=1S/C7H12O6/c1-7(3-8,4-9)6(12)13-2-5(10)11/h8-9H,2-4H2,1H3,(H,10,11). The Balaban J connectivity index is 4.15. The first-order valence-corrected chi connectivity index (χ1v) is 3.57. The molecule has 0 unspecified atom stereocenters. The van der Waals surface area contributed by atoms with E-state index in [0.717, 1.165) is 0 Å². The third-order valence-corrected chi connectivity index (χ3v) is 1.52. The Labute approximate surface area is 74.7 Å². The van der Waals surface area contributed by atoms with E-state index in [-0.39, 0.29) is 0 Å². The molecule has 0 atom stereocenters. The Kier molecular flexibility index (Phi) is 4.36. The Hall–Kier alpha value is -1.14. The number of carboxylic acids is 1. The van der Waals surface area contributed by atoms with Crippen LogP contribution in [-0.4, -0.2) is 47.1 Å². The number of hydrogen-bond donors (Lipinski definition) is 3. The highest BCUT2D eigenvalue weighted by atomic mass is 16.6. The van der Waals surface area contributed by atoms with Crippen LogP contribution in [0.3, 0.4) is 0 Å². The molecule has 76 valence electrons. The van der Waals surface area contributed by atoms with Gasteiger partial charge in [-0.3, -0.25) is 4.79 Å². The van der Waals surface area contributed by atoms with E-state index in [4.69, 9.17) is 15.3 Å². The number of rotatable bonds is 5. The number of esters is 1. The second-order valence-corrected chi connectivity index (χ2v) is 2.85. The van der Waals surface area contributed by atoms with Crippen LogP contribution in [0, 0.1) is 5.41 Å². The summed E-state index contributed by atoms with van der Waals surface area (Å²) in [5.41, 5.74) is -1.44. The minimum Gasteiger partial charge on any atom is -0.479 e. The zero-order chi connectivity index (χ0) is 10.5. The first-order chi connectivity index (χ1) is 5.96. The van der Waals surface area contributed by atoms with Crippen molar-refractivity contribution in [1.29, 1.82) is 0 Å². The van der Waals surface area contributed by atoms with Gasteiger partial charge in [0.25, 0.3) is 0 Å². The fourth-order valence-corrected chi connectivity index (χ4v) is 0.481. The largest absolute Gasteiger partial charge is 0.479 e. The molecule has 0 heterocycles. The van der Waals surface area contributed by atoms with E-state index >= 15 is 0 Å². The van der Waals surface area contributed by atoms with Crippen LogP contribution in [0.1, 0.15) is 6.92 Å². The van der Waals surface area contributed by atoms with Crippen LogP contribution in [0.2, 0.25) is 0 Å². The Morgan fingerprint density at radius 2 is 1.77 bits per heavy atom. The van der Waals surface area contributed by atoms with Crippen molar-refractivity contribution in [3.05, 3.63) is 0 Å². The summed E-state index contributed by atoms with van der Waals surface area (Å²) in [5.74, 6) is -2.22. The van der Waals surface area contributed by atoms with E-state index in [1.165, 1.54) is 6.92 Å². The van der Waals surface area contributed by atoms with E-state index in [1.807, 2.05) is 0 Å². The molecule has 0 aromatic heterocycles. The van der Waals surface area contributed by atoms with Gasteiger partial charge in [-0.05, 0) is 6.92 Å². The number of ether oxygens (including phenoxy) is 1. The summed E-state index contributed by atoms with van der Waals surface area (Å²) in [5, 5.41) is 25.6. The number of hydrogen-bond acceptors (Lipinski definition) is 5. The molecule has 0 rings (SSSR count). The predicted octanol–water partition coefficient (Wildman–Crippen LogP) is -1.39. The van der Waals surface area contributed by atoms with Crippen molar-refractivity contribution in [3.63, 3.8) is 0 Å². The molecule has 0 aromatic carbocycles. The second-order valence-electron chi connectivity index (χ2n) is 2.85. The van der Waals surface area contributed by atoms with Crippen LogP contribution < -0.4 is 0 Å². The van der Waals surface area contributed by atoms with E-state index in [0.29, 0.717) is 0 Å². The molecule has 3 N–H and O–H groups in total. The molecular formula is C7H12O6. The van der Waals surface area contributed by atoms with Crippen molar-refractivity contribution in [2.45, 2.75) is 6.92 Å². The first-order valence-electron chi connectivity index (χ1n) is 3.57. The zero-order valence-corrected chi connectivity index (χ0v) is 7.19. The molecule has 0 aliphatic carbocycles. The normalized spacial score (nSPS) is 11.0. The monoisotopic (exact) mass is 192 g/mol. The maximum absolute atomic E-state index is 11.0. The van der Waals surface area contributed by atoms with Gasteiger partial charge >= 0.3 is 11.9 Å². The molecule has 0 fully saturated rings. The highest BCUT2D eigenvalue weighted by Crippen LogP contribution is 2.15. The lowest BCUT2D eigenvalue weighted by molar-refractivity contribution is -0.166. The predicted molar refractivity (Wildman–Crippen MR) is 40.9 cm³/mol. The Morgan fingerprint density at radius 1 is 1.31 bits per heavy atom. The molecule has 0 bridgehead atoms. The SMILES string of the molecule is CC(CO)(CO)C(=O)OCC(=O)O. The van der Waals surface area contributed by atoms with Gasteiger partial charge in [-0.15, -0.1) is 0 Å². The minimum atomic E-state index is -1.44. The van der Waals surface area contributed by atoms with Crippen LogP contribution in [-0.2, 0) is 14.3 Å². The lowest BCUT2D eigenvalue weighted by Crippen LogP contribution is -2.37. The lowest BCUT2D eigenvalue weighted by Gasteiger charge is -2.21. The number of carboxylic acid groups (broad SMARTS) is 1. The number of aliphatic hydroxyl groups excluding tert-OH is 2. The molecular weight excluding hydrogens is 180 g/mol. The van der Waals surface area contributed by atoms with Crippen LogP contribution in [0.15, 0.2) is 0 Å². The number of aliphatic carboxylic acids is 1. The molecule has 0 spiro atoms. The molecule has 0 aliphatic heterocycles. The molecule has 0 amide bonds. The highest BCUT2D eigenvalue weighted by Gasteiger charge is 2.33. The summed E-state index contributed by atoms with van der Waals surface area (Å²) in [7, 11) is 0. The lowest BCUT2D eigenvalue weighted by atomic mass is 9.93. The van der Waals surface area contributed by atoms with Crippen molar-refractivity contribution < 1.29 is 29.6 Å². The van der Waals surface area contributed by atoms with Crippen molar-refractivity contribution in [3.8, 4) is 0 Å². The fraction of sp³-hybridized carbons (Fsp3) is 0.714. The molecule has 6 heteroatoms. The molecule has 13 heavy (non-hydrogen) atoms. The Morgan fingerprint density at radius 3 is 2.08 bits per heavy atom. The van der Waals surface area contributed by atoms with Gasteiger partial charge in [-0.1, -0.05) is 0 Å². The minimum absolute atomic E-state index is 0.595. The topological polar surface area (TPSA) is 104 Å². The molecule has 0 aliphatic rings. The van der Waals surface area contributed by atoms with Crippen molar-refractivity contribution in [1.82, 2.24) is 0 Å². The van der Waals surface area contributed by atoms with Gasteiger partial charge < -0.3 is 20.1 Å². The number of carbonyl (C=O) groups is 2. The third-order valence-electron chi connectivity index (χ3n) is 1.52. The molecule has 0 saturated carbocycles. The Bertz CT molecular complexity index is 195. The summed E-state index contributed by atoms with van der Waals surface area (Å²) in [6.07, 6.45) is 0. The van der Waals surface area contributed by atoms with Crippen molar-refractivity contribution >= 4 is 11.9 Å². The van der Waals surface area contributed by atoms with E-state index < -0.39 is 37.2 Å². The molecule has 0 radical (unpaired) electrons. The first kappa shape index (κ1) is 11.9. The maximum atomic E-state index is 11.0. The molecule has 6 nitrogen and oxygen atoms in total. The van der Waals surface area contributed by atoms with Gasteiger partial charge in [-0.2, -0.15) is 0 Å². The summed E-state index contributed by atoms with van der Waals surface area (Å²) in [6.45, 7) is -0.685. The third kappa shape index (κ3) is 3.39. The van der Waals surface area contributed by atoms with Crippen LogP contribution in [0.25, 0.3) is 0 Å². The summed E-state index contributed by atoms with van der Waals surface area (Å²) in [4.78, 5) is 21.0. The fourth-order valence-electron chi connectivity index (χ4n) is 0.481. The van der Waals surface area contributed by atoms with Gasteiger partial charge in [0.05, 0.1) is 13.2 Å². The van der Waals surface area contributed by atoms with Gasteiger partial charge in [0.1, 0.15) is 5.41 Å². The smallest absolute Gasteiger partial charge is 0.341 e. The van der Waals surface area contributed by atoms with Crippen molar-refractivity contribution in [2.24, 2.45) is 5.41 Å². The number of carbonyl (C=O) groups excluding carboxylic acids is 1. The van der Waals surface area contributed by atoms with Gasteiger partial charge in [-0.25, -0.2) is 4.79 Å². The second kappa shape index (κ2) is 4.78. The average molecular weight is 192 g/mol. The van der Waals surface area contributed by atoms with Gasteiger partial charge in [0, 0.05) is 0 Å². The van der Waals surface area contributed by atoms with Gasteiger partial charge in [0.15, 0.2) is 6.61 Å². The summed E-state index contributed by atoms with van der Waals surface area (Å²) >= 11 is 0. The van der Waals surface area contributed by atoms with E-state index in [9.17, 15) is 9.59 Å². The van der Waals surface area contributed by atoms with Crippen molar-refractivity contribution in [2.75, 3.05) is 19.8 Å². The van der Waals surface area contributed by atoms with Crippen LogP contribution >= 0.6 is 0 Å². The van der Waals surface area contributed by atoms with E-state index in [2.05, 4.69) is 4.74 Å². The zero-order valence-electron chi connectivity index (χ0n) is 7.19. The average Bonchev–Trinajstić information content (AvgIpc) is 2.12. The van der Waals surface area contributed by atoms with Crippen LogP contribution in [0.5, 0.6) is 0 Å². The van der Waals surface area contributed by atoms with E-state index in [1.54, 1.807) is 0 Å². The van der Waals surface area contributed by atoms with Gasteiger partial charge in [0.2, 0.25) is 0 Å². The summed E-state index contributed by atoms with van der Waals surface area (Å²) < 4.78 is 4.29. The molecule has 0 saturated heterocycles. The van der Waals surface area contributed by atoms with Crippen LogP contribution in [0.4, 0.5) is 0 Å². The molecule has 0 aromatic rings.